The van der Waals surface area contributed by atoms with Gasteiger partial charge in [0.05, 0.1) is 11.4 Å². The van der Waals surface area contributed by atoms with Crippen LogP contribution in [-0.2, 0) is 36.3 Å². The molecule has 2 aromatic rings. The summed E-state index contributed by atoms with van der Waals surface area (Å²) >= 11 is 5.85. The van der Waals surface area contributed by atoms with Gasteiger partial charge in [-0.05, 0) is 12.8 Å². The van der Waals surface area contributed by atoms with E-state index in [1.165, 1.54) is 6.26 Å². The van der Waals surface area contributed by atoms with Crippen LogP contribution in [0.1, 0.15) is 24.9 Å². The second-order valence-corrected chi connectivity index (χ2v) is 7.84. The van der Waals surface area contributed by atoms with E-state index >= 15 is 0 Å². The molecule has 0 aromatic carbocycles. The summed E-state index contributed by atoms with van der Waals surface area (Å²) in [5.74, 6) is 1.56. The van der Waals surface area contributed by atoms with Gasteiger partial charge in [0.25, 0.3) is 0 Å². The van der Waals surface area contributed by atoms with Crippen molar-refractivity contribution < 1.29 is 8.42 Å². The molecule has 0 unspecified atom stereocenters. The summed E-state index contributed by atoms with van der Waals surface area (Å²) in [6.45, 7) is 2.66. The fraction of sp³-hybridized carbons (Fsp3) is 0.692. The Morgan fingerprint density at radius 2 is 2.05 bits per heavy atom. The minimum atomic E-state index is -2.95. The molecule has 0 bridgehead atoms. The van der Waals surface area contributed by atoms with Crippen LogP contribution in [0.2, 0.25) is 0 Å². The van der Waals surface area contributed by atoms with E-state index in [0.717, 1.165) is 29.1 Å². The predicted octanol–water partition coefficient (Wildman–Crippen LogP) is 1.55. The summed E-state index contributed by atoms with van der Waals surface area (Å²) in [7, 11) is -1.06. The number of aryl methyl sites for hydroxylation is 4. The molecule has 0 saturated heterocycles. The smallest absolute Gasteiger partial charge is 0.158 e. The molecule has 0 aliphatic rings. The van der Waals surface area contributed by atoms with Gasteiger partial charge in [-0.2, -0.15) is 5.10 Å². The van der Waals surface area contributed by atoms with E-state index in [4.69, 9.17) is 11.6 Å². The Morgan fingerprint density at radius 1 is 1.33 bits per heavy atom. The van der Waals surface area contributed by atoms with Crippen molar-refractivity contribution in [3.05, 3.63) is 11.5 Å². The first-order valence-electron chi connectivity index (χ1n) is 7.02. The van der Waals surface area contributed by atoms with Crippen LogP contribution in [0.5, 0.6) is 0 Å². The van der Waals surface area contributed by atoms with Gasteiger partial charge in [-0.25, -0.2) is 13.4 Å². The Morgan fingerprint density at radius 3 is 2.62 bits per heavy atom. The van der Waals surface area contributed by atoms with Crippen LogP contribution in [-0.4, -0.2) is 45.6 Å². The zero-order valence-corrected chi connectivity index (χ0v) is 14.2. The van der Waals surface area contributed by atoms with Gasteiger partial charge >= 0.3 is 0 Å². The van der Waals surface area contributed by atoms with E-state index in [2.05, 4.69) is 14.6 Å². The molecular formula is C13H21ClN4O2S. The molecule has 0 radical (unpaired) electrons. The van der Waals surface area contributed by atoms with Crippen molar-refractivity contribution in [2.24, 2.45) is 7.05 Å². The third kappa shape index (κ3) is 3.58. The SMILES string of the molecule is CCc1nn(C)c2c1nc(CCCl)n2CCCS(C)(=O)=O. The molecule has 0 amide bonds. The van der Waals surface area contributed by atoms with Gasteiger partial charge in [0.2, 0.25) is 0 Å². The normalized spacial score (nSPS) is 12.4. The number of rotatable bonds is 7. The van der Waals surface area contributed by atoms with Gasteiger partial charge in [-0.15, -0.1) is 11.6 Å². The monoisotopic (exact) mass is 332 g/mol. The third-order valence-corrected chi connectivity index (χ3v) is 4.64. The Hall–Kier alpha value is -1.08. The number of alkyl halides is 1. The summed E-state index contributed by atoms with van der Waals surface area (Å²) in [5.41, 5.74) is 2.81. The zero-order chi connectivity index (χ0) is 15.6. The Labute approximate surface area is 130 Å². The lowest BCUT2D eigenvalue weighted by Gasteiger charge is -2.08. The van der Waals surface area contributed by atoms with Gasteiger partial charge in [0.15, 0.2) is 5.65 Å². The molecule has 0 fully saturated rings. The van der Waals surface area contributed by atoms with Crippen molar-refractivity contribution in [1.29, 1.82) is 0 Å². The molecule has 6 nitrogen and oxygen atoms in total. The summed E-state index contributed by atoms with van der Waals surface area (Å²) in [6.07, 6.45) is 3.30. The molecule has 0 spiro atoms. The maximum atomic E-state index is 11.3. The molecule has 0 atom stereocenters. The fourth-order valence-electron chi connectivity index (χ4n) is 2.52. The second-order valence-electron chi connectivity index (χ2n) is 5.20. The van der Waals surface area contributed by atoms with Gasteiger partial charge in [0, 0.05) is 32.1 Å². The first-order chi connectivity index (χ1) is 9.87. The van der Waals surface area contributed by atoms with Crippen molar-refractivity contribution in [2.45, 2.75) is 32.7 Å². The summed E-state index contributed by atoms with van der Waals surface area (Å²) in [5, 5.41) is 4.47. The standard InChI is InChI=1S/C13H21ClN4O2S/c1-4-10-12-13(17(2)16-10)18(11(15-12)6-7-14)8-5-9-21(3,19)20/h4-9H2,1-3H3. The van der Waals surface area contributed by atoms with Crippen LogP contribution in [0.3, 0.4) is 0 Å². The van der Waals surface area contributed by atoms with Crippen molar-refractivity contribution in [3.8, 4) is 0 Å². The molecule has 2 heterocycles. The van der Waals surface area contributed by atoms with E-state index in [0.29, 0.717) is 25.3 Å². The summed E-state index contributed by atoms with van der Waals surface area (Å²) in [4.78, 5) is 4.65. The maximum Gasteiger partial charge on any atom is 0.158 e. The van der Waals surface area contributed by atoms with E-state index in [1.807, 2.05) is 18.7 Å². The number of hydrogen-bond donors (Lipinski definition) is 0. The number of imidazole rings is 1. The number of aromatic nitrogens is 4. The Bertz CT molecular complexity index is 733. The van der Waals surface area contributed by atoms with E-state index in [1.54, 1.807) is 0 Å². The van der Waals surface area contributed by atoms with Gasteiger partial charge in [-0.1, -0.05) is 6.92 Å². The van der Waals surface area contributed by atoms with Gasteiger partial charge in [0.1, 0.15) is 21.2 Å². The molecule has 2 rings (SSSR count). The quantitative estimate of drug-likeness (QED) is 0.721. The van der Waals surface area contributed by atoms with Crippen LogP contribution in [0, 0.1) is 0 Å². The lowest BCUT2D eigenvalue weighted by Crippen LogP contribution is -2.12. The first-order valence-corrected chi connectivity index (χ1v) is 9.61. The van der Waals surface area contributed by atoms with E-state index in [9.17, 15) is 8.42 Å². The van der Waals surface area contributed by atoms with Crippen LogP contribution >= 0.6 is 11.6 Å². The highest BCUT2D eigenvalue weighted by Crippen LogP contribution is 2.21. The summed E-state index contributed by atoms with van der Waals surface area (Å²) in [6, 6.07) is 0. The fourth-order valence-corrected chi connectivity index (χ4v) is 3.34. The predicted molar refractivity (Wildman–Crippen MR) is 84.6 cm³/mol. The van der Waals surface area contributed by atoms with Crippen LogP contribution < -0.4 is 0 Å². The largest absolute Gasteiger partial charge is 0.313 e. The average molecular weight is 333 g/mol. The van der Waals surface area contributed by atoms with Crippen molar-refractivity contribution in [1.82, 2.24) is 19.3 Å². The highest BCUT2D eigenvalue weighted by atomic mass is 35.5. The lowest BCUT2D eigenvalue weighted by atomic mass is 10.3. The maximum absolute atomic E-state index is 11.3. The Kier molecular flexibility index (Phi) is 4.93. The van der Waals surface area contributed by atoms with Crippen LogP contribution in [0.25, 0.3) is 11.2 Å². The molecule has 0 saturated carbocycles. The van der Waals surface area contributed by atoms with Crippen molar-refractivity contribution in [3.63, 3.8) is 0 Å². The van der Waals surface area contributed by atoms with Crippen molar-refractivity contribution >= 4 is 32.6 Å². The van der Waals surface area contributed by atoms with E-state index in [-0.39, 0.29) is 5.75 Å². The molecule has 0 aliphatic heterocycles. The topological polar surface area (TPSA) is 69.8 Å². The molecular weight excluding hydrogens is 312 g/mol. The van der Waals surface area contributed by atoms with E-state index < -0.39 is 9.84 Å². The third-order valence-electron chi connectivity index (χ3n) is 3.42. The average Bonchev–Trinajstić information content (AvgIpc) is 2.88. The molecule has 118 valence electrons. The number of sulfone groups is 1. The van der Waals surface area contributed by atoms with Gasteiger partial charge < -0.3 is 4.57 Å². The molecule has 0 aliphatic carbocycles. The minimum Gasteiger partial charge on any atom is -0.313 e. The van der Waals surface area contributed by atoms with Gasteiger partial charge in [-0.3, -0.25) is 4.68 Å². The number of halogens is 1. The second kappa shape index (κ2) is 6.36. The zero-order valence-electron chi connectivity index (χ0n) is 12.6. The van der Waals surface area contributed by atoms with Crippen molar-refractivity contribution in [2.75, 3.05) is 17.9 Å². The number of hydrogen-bond acceptors (Lipinski definition) is 4. The Balaban J connectivity index is 2.38. The first kappa shape index (κ1) is 16.3. The highest BCUT2D eigenvalue weighted by molar-refractivity contribution is 7.90. The minimum absolute atomic E-state index is 0.172. The number of fused-ring (bicyclic) bond motifs is 1. The molecule has 8 heteroatoms. The molecule has 0 N–H and O–H groups in total. The highest BCUT2D eigenvalue weighted by Gasteiger charge is 2.18. The van der Waals surface area contributed by atoms with Crippen LogP contribution in [0.15, 0.2) is 0 Å². The lowest BCUT2D eigenvalue weighted by molar-refractivity contribution is 0.587. The number of nitrogens with zero attached hydrogens (tertiary/aromatic N) is 4. The molecule has 21 heavy (non-hydrogen) atoms. The van der Waals surface area contributed by atoms with Crippen LogP contribution in [0.4, 0.5) is 0 Å². The molecule has 2 aromatic heterocycles. The summed E-state index contributed by atoms with van der Waals surface area (Å²) < 4.78 is 26.4.